The summed E-state index contributed by atoms with van der Waals surface area (Å²) >= 11 is 0. The number of benzene rings is 1. The molecule has 2 N–H and O–H groups in total. The summed E-state index contributed by atoms with van der Waals surface area (Å²) in [6.45, 7) is 1.86. The van der Waals surface area contributed by atoms with Crippen LogP contribution in [0.25, 0.3) is 11.0 Å². The van der Waals surface area contributed by atoms with Crippen molar-refractivity contribution in [3.8, 4) is 0 Å². The van der Waals surface area contributed by atoms with E-state index >= 15 is 0 Å². The number of hydrogen-bond acceptors (Lipinski definition) is 3. The maximum absolute atomic E-state index is 5.85. The number of anilines is 1. The van der Waals surface area contributed by atoms with Gasteiger partial charge in [-0.05, 0) is 43.9 Å². The van der Waals surface area contributed by atoms with Crippen molar-refractivity contribution in [1.29, 1.82) is 0 Å². The van der Waals surface area contributed by atoms with Gasteiger partial charge in [-0.3, -0.25) is 0 Å². The van der Waals surface area contributed by atoms with Gasteiger partial charge in [-0.15, -0.1) is 0 Å². The number of rotatable bonds is 6. The monoisotopic (exact) mass is 259 g/mol. The standard InChI is InChI=1S/C15H21N3O/c1-19-9-3-2-8-18-14-7-6-12(16)10-13(14)17-15(18)11-4-5-11/h6-7,10-11H,2-5,8-9,16H2,1H3. The number of methoxy groups -OCH3 is 1. The average molecular weight is 259 g/mol. The molecule has 0 saturated heterocycles. The van der Waals surface area contributed by atoms with Crippen LogP contribution >= 0.6 is 0 Å². The SMILES string of the molecule is COCCCCn1c(C2CC2)nc2cc(N)ccc21. The molecule has 1 aliphatic rings. The molecule has 0 atom stereocenters. The molecule has 102 valence electrons. The van der Waals surface area contributed by atoms with E-state index in [1.807, 2.05) is 12.1 Å². The Hall–Kier alpha value is -1.55. The van der Waals surface area contributed by atoms with Crippen molar-refractivity contribution in [3.63, 3.8) is 0 Å². The first-order valence-electron chi connectivity index (χ1n) is 7.04. The Balaban J connectivity index is 1.88. The number of fused-ring (bicyclic) bond motifs is 1. The summed E-state index contributed by atoms with van der Waals surface area (Å²) in [5.41, 5.74) is 8.89. The summed E-state index contributed by atoms with van der Waals surface area (Å²) in [5.74, 6) is 1.91. The van der Waals surface area contributed by atoms with Gasteiger partial charge >= 0.3 is 0 Å². The minimum Gasteiger partial charge on any atom is -0.399 e. The Morgan fingerprint density at radius 3 is 2.95 bits per heavy atom. The smallest absolute Gasteiger partial charge is 0.112 e. The first-order chi connectivity index (χ1) is 9.29. The van der Waals surface area contributed by atoms with Crippen molar-refractivity contribution in [2.24, 2.45) is 0 Å². The van der Waals surface area contributed by atoms with Gasteiger partial charge < -0.3 is 15.0 Å². The van der Waals surface area contributed by atoms with Crippen molar-refractivity contribution >= 4 is 16.7 Å². The van der Waals surface area contributed by atoms with Gasteiger partial charge in [0.15, 0.2) is 0 Å². The second-order valence-corrected chi connectivity index (χ2v) is 5.34. The molecular formula is C15H21N3O. The molecule has 4 nitrogen and oxygen atoms in total. The van der Waals surface area contributed by atoms with Crippen LogP contribution in [0.4, 0.5) is 5.69 Å². The highest BCUT2D eigenvalue weighted by Crippen LogP contribution is 2.40. The Morgan fingerprint density at radius 2 is 2.21 bits per heavy atom. The normalized spacial score (nSPS) is 15.2. The van der Waals surface area contributed by atoms with Crippen LogP contribution in [0, 0.1) is 0 Å². The van der Waals surface area contributed by atoms with E-state index in [1.165, 1.54) is 24.2 Å². The predicted octanol–water partition coefficient (Wildman–Crippen LogP) is 2.92. The molecule has 1 aromatic carbocycles. The lowest BCUT2D eigenvalue weighted by Gasteiger charge is -2.08. The lowest BCUT2D eigenvalue weighted by molar-refractivity contribution is 0.191. The predicted molar refractivity (Wildman–Crippen MR) is 77.2 cm³/mol. The van der Waals surface area contributed by atoms with Crippen molar-refractivity contribution in [3.05, 3.63) is 24.0 Å². The lowest BCUT2D eigenvalue weighted by Crippen LogP contribution is -2.04. The third-order valence-electron chi connectivity index (χ3n) is 3.72. The zero-order valence-corrected chi connectivity index (χ0v) is 11.4. The number of imidazole rings is 1. The number of unbranched alkanes of at least 4 members (excludes halogenated alkanes) is 1. The third kappa shape index (κ3) is 2.59. The number of hydrogen-bond donors (Lipinski definition) is 1. The van der Waals surface area contributed by atoms with E-state index in [0.29, 0.717) is 5.92 Å². The summed E-state index contributed by atoms with van der Waals surface area (Å²) in [6, 6.07) is 6.04. The highest BCUT2D eigenvalue weighted by molar-refractivity contribution is 5.79. The van der Waals surface area contributed by atoms with Gasteiger partial charge in [0.2, 0.25) is 0 Å². The number of aromatic nitrogens is 2. The molecular weight excluding hydrogens is 238 g/mol. The fourth-order valence-electron chi connectivity index (χ4n) is 2.57. The molecule has 0 radical (unpaired) electrons. The first-order valence-corrected chi connectivity index (χ1v) is 7.04. The molecule has 2 aromatic rings. The quantitative estimate of drug-likeness (QED) is 0.641. The van der Waals surface area contributed by atoms with Crippen LogP contribution in [-0.4, -0.2) is 23.3 Å². The largest absolute Gasteiger partial charge is 0.399 e. The third-order valence-corrected chi connectivity index (χ3v) is 3.72. The van der Waals surface area contributed by atoms with Gasteiger partial charge in [0.05, 0.1) is 11.0 Å². The van der Waals surface area contributed by atoms with Crippen LogP contribution < -0.4 is 5.73 Å². The molecule has 3 rings (SSSR count). The number of nitrogens with zero attached hydrogens (tertiary/aromatic N) is 2. The minimum atomic E-state index is 0.663. The first kappa shape index (κ1) is 12.5. The number of ether oxygens (including phenoxy) is 1. The molecule has 1 aromatic heterocycles. The van der Waals surface area contributed by atoms with E-state index in [0.717, 1.165) is 37.2 Å². The fraction of sp³-hybridized carbons (Fsp3) is 0.533. The molecule has 1 saturated carbocycles. The second-order valence-electron chi connectivity index (χ2n) is 5.34. The van der Waals surface area contributed by atoms with Gasteiger partial charge in [-0.1, -0.05) is 0 Å². The van der Waals surface area contributed by atoms with E-state index in [9.17, 15) is 0 Å². The van der Waals surface area contributed by atoms with Crippen LogP contribution in [0.5, 0.6) is 0 Å². The van der Waals surface area contributed by atoms with Crippen LogP contribution in [0.15, 0.2) is 18.2 Å². The summed E-state index contributed by atoms with van der Waals surface area (Å²) in [5, 5.41) is 0. The highest BCUT2D eigenvalue weighted by Gasteiger charge is 2.29. The van der Waals surface area contributed by atoms with Crippen molar-refractivity contribution in [2.45, 2.75) is 38.1 Å². The van der Waals surface area contributed by atoms with Crippen LogP contribution in [0.2, 0.25) is 0 Å². The number of nitrogen functional groups attached to an aromatic ring is 1. The number of nitrogens with two attached hydrogens (primary N) is 1. The fourth-order valence-corrected chi connectivity index (χ4v) is 2.57. The Labute approximate surface area is 113 Å². The molecule has 1 heterocycles. The van der Waals surface area contributed by atoms with Crippen LogP contribution in [0.3, 0.4) is 0 Å². The lowest BCUT2D eigenvalue weighted by atomic mass is 10.2. The van der Waals surface area contributed by atoms with E-state index in [1.54, 1.807) is 7.11 Å². The van der Waals surface area contributed by atoms with Crippen molar-refractivity contribution < 1.29 is 4.74 Å². The Kier molecular flexibility index (Phi) is 3.42. The summed E-state index contributed by atoms with van der Waals surface area (Å²) in [7, 11) is 1.75. The van der Waals surface area contributed by atoms with Gasteiger partial charge in [-0.25, -0.2) is 4.98 Å². The molecule has 1 aliphatic carbocycles. The topological polar surface area (TPSA) is 53.1 Å². The molecule has 0 amide bonds. The highest BCUT2D eigenvalue weighted by atomic mass is 16.5. The molecule has 0 unspecified atom stereocenters. The van der Waals surface area contributed by atoms with Gasteiger partial charge in [0.1, 0.15) is 5.82 Å². The molecule has 1 fully saturated rings. The van der Waals surface area contributed by atoms with Gasteiger partial charge in [-0.2, -0.15) is 0 Å². The van der Waals surface area contributed by atoms with Crippen molar-refractivity contribution in [2.75, 3.05) is 19.5 Å². The van der Waals surface area contributed by atoms with E-state index in [4.69, 9.17) is 15.5 Å². The van der Waals surface area contributed by atoms with Crippen molar-refractivity contribution in [1.82, 2.24) is 9.55 Å². The van der Waals surface area contributed by atoms with Gasteiger partial charge in [0, 0.05) is 31.9 Å². The van der Waals surface area contributed by atoms with Crippen LogP contribution in [-0.2, 0) is 11.3 Å². The molecule has 0 spiro atoms. The van der Waals surface area contributed by atoms with E-state index < -0.39 is 0 Å². The van der Waals surface area contributed by atoms with E-state index in [-0.39, 0.29) is 0 Å². The summed E-state index contributed by atoms with van der Waals surface area (Å²) in [4.78, 5) is 4.79. The number of aryl methyl sites for hydroxylation is 1. The maximum atomic E-state index is 5.85. The Bertz CT molecular complexity index is 572. The summed E-state index contributed by atoms with van der Waals surface area (Å²) < 4.78 is 7.49. The molecule has 0 bridgehead atoms. The van der Waals surface area contributed by atoms with Gasteiger partial charge in [0.25, 0.3) is 0 Å². The molecule has 19 heavy (non-hydrogen) atoms. The molecule has 4 heteroatoms. The molecule has 0 aliphatic heterocycles. The van der Waals surface area contributed by atoms with Crippen LogP contribution in [0.1, 0.15) is 37.4 Å². The zero-order valence-electron chi connectivity index (χ0n) is 11.4. The maximum Gasteiger partial charge on any atom is 0.112 e. The Morgan fingerprint density at radius 1 is 1.37 bits per heavy atom. The minimum absolute atomic E-state index is 0.663. The van der Waals surface area contributed by atoms with E-state index in [2.05, 4.69) is 10.6 Å². The average Bonchev–Trinajstić information content (AvgIpc) is 3.18. The second kappa shape index (κ2) is 5.21. The zero-order chi connectivity index (χ0) is 13.2. The summed E-state index contributed by atoms with van der Waals surface area (Å²) in [6.07, 6.45) is 4.77.